The van der Waals surface area contributed by atoms with Gasteiger partial charge in [0.25, 0.3) is 0 Å². The Bertz CT molecular complexity index is 2820. The van der Waals surface area contributed by atoms with Gasteiger partial charge in [-0.05, 0) is 47.5 Å². The first-order valence-corrected chi connectivity index (χ1v) is 16.7. The molecule has 234 valence electrons. The summed E-state index contributed by atoms with van der Waals surface area (Å²) in [5, 5.41) is 4.44. The smallest absolute Gasteiger partial charge is 0.164 e. The van der Waals surface area contributed by atoms with Crippen LogP contribution in [0.5, 0.6) is 0 Å². The summed E-state index contributed by atoms with van der Waals surface area (Å²) in [6, 6.07) is 58.5. The zero-order chi connectivity index (χ0) is 33.0. The highest BCUT2D eigenvalue weighted by atomic mass is 16.3. The van der Waals surface area contributed by atoms with Gasteiger partial charge in [-0.3, -0.25) is 0 Å². The van der Waals surface area contributed by atoms with Crippen molar-refractivity contribution in [2.75, 3.05) is 0 Å². The molecule has 0 aliphatic carbocycles. The molecule has 0 saturated carbocycles. The van der Waals surface area contributed by atoms with Crippen molar-refractivity contribution in [2.45, 2.75) is 0 Å². The molecule has 0 unspecified atom stereocenters. The molecule has 0 aliphatic rings. The highest BCUT2D eigenvalue weighted by Crippen LogP contribution is 2.39. The largest absolute Gasteiger partial charge is 0.456 e. The van der Waals surface area contributed by atoms with Crippen LogP contribution in [0.2, 0.25) is 0 Å². The van der Waals surface area contributed by atoms with Crippen LogP contribution in [-0.2, 0) is 0 Å². The van der Waals surface area contributed by atoms with Gasteiger partial charge in [-0.1, -0.05) is 127 Å². The Morgan fingerprint density at radius 2 is 0.960 bits per heavy atom. The molecule has 0 spiro atoms. The molecule has 0 N–H and O–H groups in total. The van der Waals surface area contributed by atoms with Gasteiger partial charge in [0.2, 0.25) is 0 Å². The average molecular weight is 641 g/mol. The molecule has 5 nitrogen and oxygen atoms in total. The number of rotatable bonds is 5. The molecule has 0 fully saturated rings. The molecular weight excluding hydrogens is 613 g/mol. The first-order valence-electron chi connectivity index (χ1n) is 16.7. The summed E-state index contributed by atoms with van der Waals surface area (Å²) < 4.78 is 8.90. The highest BCUT2D eigenvalue weighted by molar-refractivity contribution is 6.13. The third-order valence-electron chi connectivity index (χ3n) is 9.46. The Morgan fingerprint density at radius 3 is 1.70 bits per heavy atom. The van der Waals surface area contributed by atoms with E-state index in [0.29, 0.717) is 17.5 Å². The number of hydrogen-bond acceptors (Lipinski definition) is 4. The second-order valence-corrected chi connectivity index (χ2v) is 12.5. The van der Waals surface area contributed by atoms with Crippen LogP contribution in [0.25, 0.3) is 94.7 Å². The maximum absolute atomic E-state index is 6.59. The van der Waals surface area contributed by atoms with E-state index in [-0.39, 0.29) is 0 Å². The van der Waals surface area contributed by atoms with Crippen molar-refractivity contribution in [3.63, 3.8) is 0 Å². The van der Waals surface area contributed by atoms with Crippen molar-refractivity contribution < 1.29 is 4.42 Å². The summed E-state index contributed by atoms with van der Waals surface area (Å²) in [5.41, 5.74) is 9.94. The van der Waals surface area contributed by atoms with Crippen LogP contribution in [-0.4, -0.2) is 19.5 Å². The Hall–Kier alpha value is -6.85. The van der Waals surface area contributed by atoms with Gasteiger partial charge in [0.15, 0.2) is 17.5 Å². The molecule has 3 heterocycles. The second-order valence-electron chi connectivity index (χ2n) is 12.5. The van der Waals surface area contributed by atoms with Crippen molar-refractivity contribution in [1.29, 1.82) is 0 Å². The topological polar surface area (TPSA) is 56.7 Å². The summed E-state index contributed by atoms with van der Waals surface area (Å²) in [5.74, 6) is 1.83. The van der Waals surface area contributed by atoms with E-state index < -0.39 is 0 Å². The fourth-order valence-electron chi connectivity index (χ4n) is 7.15. The summed E-state index contributed by atoms with van der Waals surface area (Å²) >= 11 is 0. The van der Waals surface area contributed by atoms with Crippen molar-refractivity contribution in [3.05, 3.63) is 170 Å². The van der Waals surface area contributed by atoms with Gasteiger partial charge in [-0.15, -0.1) is 0 Å². The zero-order valence-corrected chi connectivity index (χ0v) is 26.9. The summed E-state index contributed by atoms with van der Waals surface area (Å²) in [7, 11) is 0. The quantitative estimate of drug-likeness (QED) is 0.188. The lowest BCUT2D eigenvalue weighted by molar-refractivity contribution is 0.668. The molecule has 0 radical (unpaired) electrons. The normalized spacial score (nSPS) is 11.6. The average Bonchev–Trinajstić information content (AvgIpc) is 3.74. The lowest BCUT2D eigenvalue weighted by atomic mass is 10.0. The number of furan rings is 1. The van der Waals surface area contributed by atoms with Gasteiger partial charge in [0.05, 0.1) is 11.0 Å². The van der Waals surface area contributed by atoms with Crippen LogP contribution in [0.3, 0.4) is 0 Å². The predicted octanol–water partition coefficient (Wildman–Crippen LogP) is 11.5. The Balaban J connectivity index is 1.16. The van der Waals surface area contributed by atoms with Gasteiger partial charge >= 0.3 is 0 Å². The molecule has 7 aromatic carbocycles. The van der Waals surface area contributed by atoms with Crippen LogP contribution in [0.4, 0.5) is 0 Å². The molecule has 5 heteroatoms. The van der Waals surface area contributed by atoms with Crippen LogP contribution in [0.1, 0.15) is 0 Å². The SMILES string of the molecule is c1ccc(-c2cccc(-c3nc(-c4ccccc4)nc(-c4cccc5oc6cc(-n7c8ccccc8c8ccccc87)ccc6c45)n3)c2)cc1. The highest BCUT2D eigenvalue weighted by Gasteiger charge is 2.19. The third-order valence-corrected chi connectivity index (χ3v) is 9.46. The zero-order valence-electron chi connectivity index (χ0n) is 26.9. The van der Waals surface area contributed by atoms with E-state index in [4.69, 9.17) is 19.4 Å². The van der Waals surface area contributed by atoms with E-state index in [2.05, 4.69) is 126 Å². The molecule has 0 amide bonds. The monoisotopic (exact) mass is 640 g/mol. The summed E-state index contributed by atoms with van der Waals surface area (Å²) in [4.78, 5) is 15.2. The van der Waals surface area contributed by atoms with Gasteiger partial charge in [0, 0.05) is 50.0 Å². The van der Waals surface area contributed by atoms with Crippen LogP contribution in [0.15, 0.2) is 174 Å². The Morgan fingerprint density at radius 1 is 0.380 bits per heavy atom. The van der Waals surface area contributed by atoms with Crippen LogP contribution in [0, 0.1) is 0 Å². The minimum absolute atomic E-state index is 0.596. The summed E-state index contributed by atoms with van der Waals surface area (Å²) in [6.07, 6.45) is 0. The number of nitrogens with zero attached hydrogens (tertiary/aromatic N) is 4. The fourth-order valence-corrected chi connectivity index (χ4v) is 7.15. The Kier molecular flexibility index (Phi) is 6.42. The van der Waals surface area contributed by atoms with E-state index in [1.807, 2.05) is 48.5 Å². The number of hydrogen-bond donors (Lipinski definition) is 0. The molecule has 10 aromatic rings. The third kappa shape index (κ3) is 4.60. The number of benzene rings is 7. The molecule has 0 saturated heterocycles. The first kappa shape index (κ1) is 28.2. The molecule has 0 atom stereocenters. The van der Waals surface area contributed by atoms with Crippen LogP contribution >= 0.6 is 0 Å². The van der Waals surface area contributed by atoms with Crippen molar-refractivity contribution >= 4 is 43.7 Å². The molecule has 0 aliphatic heterocycles. The molecule has 3 aromatic heterocycles. The standard InChI is InChI=1S/C45H28N4O/c1-3-13-29(14-4-1)31-17-11-18-32(27-31)44-46-43(30-15-5-2-6-16-30)47-45(48-44)37-21-12-24-40-42(37)36-26-25-33(28-41(36)50-40)49-38-22-9-7-19-34(38)35-20-8-10-23-39(35)49/h1-28H. The van der Waals surface area contributed by atoms with Gasteiger partial charge in [-0.2, -0.15) is 0 Å². The predicted molar refractivity (Wildman–Crippen MR) is 203 cm³/mol. The van der Waals surface area contributed by atoms with Crippen molar-refractivity contribution in [1.82, 2.24) is 19.5 Å². The number of fused-ring (bicyclic) bond motifs is 6. The lowest BCUT2D eigenvalue weighted by Gasteiger charge is -2.10. The second kappa shape index (κ2) is 11.4. The summed E-state index contributed by atoms with van der Waals surface area (Å²) in [6.45, 7) is 0. The molecule has 0 bridgehead atoms. The lowest BCUT2D eigenvalue weighted by Crippen LogP contribution is -2.00. The molecule has 10 rings (SSSR count). The fraction of sp³-hybridized carbons (Fsp3) is 0. The van der Waals surface area contributed by atoms with E-state index in [9.17, 15) is 0 Å². The molecule has 50 heavy (non-hydrogen) atoms. The van der Waals surface area contributed by atoms with Crippen molar-refractivity contribution in [2.24, 2.45) is 0 Å². The van der Waals surface area contributed by atoms with E-state index in [1.54, 1.807) is 0 Å². The van der Waals surface area contributed by atoms with Gasteiger partial charge < -0.3 is 8.98 Å². The Labute approximate surface area is 287 Å². The minimum Gasteiger partial charge on any atom is -0.456 e. The van der Waals surface area contributed by atoms with Crippen molar-refractivity contribution in [3.8, 4) is 51.0 Å². The van der Waals surface area contributed by atoms with E-state index >= 15 is 0 Å². The van der Waals surface area contributed by atoms with E-state index in [1.165, 1.54) is 10.8 Å². The minimum atomic E-state index is 0.596. The maximum Gasteiger partial charge on any atom is 0.164 e. The number of aromatic nitrogens is 4. The van der Waals surface area contributed by atoms with Crippen LogP contribution < -0.4 is 0 Å². The first-order chi connectivity index (χ1) is 24.8. The van der Waals surface area contributed by atoms with Gasteiger partial charge in [-0.25, -0.2) is 15.0 Å². The van der Waals surface area contributed by atoms with E-state index in [0.717, 1.165) is 66.5 Å². The molecular formula is C45H28N4O. The number of para-hydroxylation sites is 2. The van der Waals surface area contributed by atoms with Gasteiger partial charge in [0.1, 0.15) is 11.2 Å². The maximum atomic E-state index is 6.59.